The number of nitrogens with one attached hydrogen (secondary N) is 1. The smallest absolute Gasteiger partial charge is 0.255 e. The number of aromatic nitrogens is 2. The van der Waals surface area contributed by atoms with Crippen molar-refractivity contribution in [3.8, 4) is 11.1 Å². The van der Waals surface area contributed by atoms with Crippen molar-refractivity contribution in [3.63, 3.8) is 0 Å². The predicted octanol–water partition coefficient (Wildman–Crippen LogP) is 7.53. The maximum atomic E-state index is 13.2. The third-order valence-corrected chi connectivity index (χ3v) is 7.52. The zero-order valence-corrected chi connectivity index (χ0v) is 22.4. The zero-order valence-electron chi connectivity index (χ0n) is 20.9. The average Bonchev–Trinajstić information content (AvgIpc) is 2.92. The molecule has 0 aliphatic carbocycles. The van der Waals surface area contributed by atoms with E-state index in [4.69, 9.17) is 23.2 Å². The van der Waals surface area contributed by atoms with Gasteiger partial charge in [0.25, 0.3) is 5.91 Å². The van der Waals surface area contributed by atoms with Gasteiger partial charge in [-0.05, 0) is 85.4 Å². The van der Waals surface area contributed by atoms with Gasteiger partial charge in [0.05, 0.1) is 11.4 Å². The molecule has 0 radical (unpaired) electrons. The van der Waals surface area contributed by atoms with Crippen LogP contribution in [0.25, 0.3) is 11.1 Å². The van der Waals surface area contributed by atoms with Gasteiger partial charge in [0.2, 0.25) is 0 Å². The van der Waals surface area contributed by atoms with Gasteiger partial charge in [0, 0.05) is 24.2 Å². The van der Waals surface area contributed by atoms with Gasteiger partial charge in [-0.25, -0.2) is 14.4 Å². The Morgan fingerprint density at radius 3 is 2.32 bits per heavy atom. The number of hydrogen-bond acceptors (Lipinski definition) is 4. The Hall–Kier alpha value is -3.32. The van der Waals surface area contributed by atoms with E-state index < -0.39 is 0 Å². The molecule has 1 N–H and O–H groups in total. The largest absolute Gasteiger partial charge is 0.320 e. The lowest BCUT2D eigenvalue weighted by Crippen LogP contribution is -2.33. The van der Waals surface area contributed by atoms with Crippen LogP contribution in [-0.4, -0.2) is 33.9 Å². The van der Waals surface area contributed by atoms with Gasteiger partial charge in [0.1, 0.15) is 16.1 Å². The number of piperidine rings is 1. The van der Waals surface area contributed by atoms with Crippen molar-refractivity contribution in [1.82, 2.24) is 14.9 Å². The predicted molar refractivity (Wildman–Crippen MR) is 150 cm³/mol. The molecular weight excluding hydrogens is 522 g/mol. The number of benzene rings is 2. The highest BCUT2D eigenvalue weighted by molar-refractivity contribution is 6.30. The molecule has 2 aromatic carbocycles. The van der Waals surface area contributed by atoms with Gasteiger partial charge >= 0.3 is 0 Å². The summed E-state index contributed by atoms with van der Waals surface area (Å²) in [6, 6.07) is 20.0. The summed E-state index contributed by atoms with van der Waals surface area (Å²) in [6.07, 6.45) is 3.32. The van der Waals surface area contributed by atoms with E-state index in [9.17, 15) is 9.18 Å². The van der Waals surface area contributed by atoms with Crippen molar-refractivity contribution >= 4 is 34.8 Å². The van der Waals surface area contributed by atoms with Crippen LogP contribution in [-0.2, 0) is 6.54 Å². The minimum atomic E-state index is -0.263. The molecule has 1 aliphatic rings. The lowest BCUT2D eigenvalue weighted by molar-refractivity contribution is 0.102. The third kappa shape index (κ3) is 6.21. The highest BCUT2D eigenvalue weighted by atomic mass is 35.5. The Labute approximate surface area is 231 Å². The first-order valence-corrected chi connectivity index (χ1v) is 13.3. The number of carbonyl (C=O) groups excluding carboxylic acids is 1. The Morgan fingerprint density at radius 2 is 1.66 bits per heavy atom. The van der Waals surface area contributed by atoms with Crippen molar-refractivity contribution in [1.29, 1.82) is 0 Å². The normalized spacial score (nSPS) is 14.4. The molecule has 38 heavy (non-hydrogen) atoms. The first kappa shape index (κ1) is 26.3. The van der Waals surface area contributed by atoms with Crippen LogP contribution in [0.4, 0.5) is 10.1 Å². The van der Waals surface area contributed by atoms with Crippen molar-refractivity contribution in [3.05, 3.63) is 111 Å². The van der Waals surface area contributed by atoms with Gasteiger partial charge < -0.3 is 5.32 Å². The number of carbonyl (C=O) groups is 1. The van der Waals surface area contributed by atoms with Gasteiger partial charge in [-0.2, -0.15) is 0 Å². The van der Waals surface area contributed by atoms with E-state index in [1.54, 1.807) is 18.2 Å². The molecule has 2 aromatic heterocycles. The number of aryl methyl sites for hydroxylation is 1. The number of rotatable bonds is 6. The fourth-order valence-electron chi connectivity index (χ4n) is 4.82. The number of likely N-dealkylation sites (tertiary alicyclic amines) is 1. The third-order valence-electron chi connectivity index (χ3n) is 6.93. The van der Waals surface area contributed by atoms with E-state index in [-0.39, 0.29) is 22.8 Å². The summed E-state index contributed by atoms with van der Waals surface area (Å²) in [5.41, 5.74) is 6.03. The molecule has 5 nitrogen and oxygen atoms in total. The van der Waals surface area contributed by atoms with E-state index in [0.29, 0.717) is 16.4 Å². The van der Waals surface area contributed by atoms with E-state index >= 15 is 0 Å². The second kappa shape index (κ2) is 11.6. The van der Waals surface area contributed by atoms with Crippen LogP contribution in [0.5, 0.6) is 0 Å². The fourth-order valence-corrected chi connectivity index (χ4v) is 5.14. The number of pyridine rings is 2. The molecular formula is C30H27Cl2FN4O. The first-order chi connectivity index (χ1) is 18.4. The van der Waals surface area contributed by atoms with Crippen LogP contribution < -0.4 is 5.32 Å². The summed E-state index contributed by atoms with van der Waals surface area (Å²) in [7, 11) is 0. The maximum Gasteiger partial charge on any atom is 0.255 e. The summed E-state index contributed by atoms with van der Waals surface area (Å²) < 4.78 is 13.2. The van der Waals surface area contributed by atoms with E-state index in [2.05, 4.69) is 44.5 Å². The summed E-state index contributed by atoms with van der Waals surface area (Å²) >= 11 is 12.4. The fraction of sp³-hybridized carbons (Fsp3) is 0.233. The number of halogens is 3. The Morgan fingerprint density at radius 1 is 1.00 bits per heavy atom. The van der Waals surface area contributed by atoms with E-state index in [1.165, 1.54) is 30.0 Å². The summed E-state index contributed by atoms with van der Waals surface area (Å²) in [5.74, 6) is -0.313. The lowest BCUT2D eigenvalue weighted by Gasteiger charge is -2.32. The molecule has 1 aliphatic heterocycles. The average molecular weight is 549 g/mol. The summed E-state index contributed by atoms with van der Waals surface area (Å²) in [4.78, 5) is 24.0. The molecule has 5 rings (SSSR count). The molecule has 0 atom stereocenters. The van der Waals surface area contributed by atoms with Gasteiger partial charge in [0.15, 0.2) is 0 Å². The molecule has 1 amide bonds. The van der Waals surface area contributed by atoms with Gasteiger partial charge in [-0.1, -0.05) is 59.6 Å². The van der Waals surface area contributed by atoms with E-state index in [1.807, 2.05) is 13.0 Å². The molecule has 0 saturated carbocycles. The van der Waals surface area contributed by atoms with Crippen molar-refractivity contribution in [2.75, 3.05) is 18.4 Å². The molecule has 0 unspecified atom stereocenters. The van der Waals surface area contributed by atoms with Crippen LogP contribution in [0.15, 0.2) is 72.9 Å². The molecule has 3 heterocycles. The molecule has 0 spiro atoms. The van der Waals surface area contributed by atoms with Crippen LogP contribution in [0, 0.1) is 12.7 Å². The first-order valence-electron chi connectivity index (χ1n) is 12.5. The molecule has 1 saturated heterocycles. The van der Waals surface area contributed by atoms with Crippen molar-refractivity contribution < 1.29 is 9.18 Å². The van der Waals surface area contributed by atoms with Crippen molar-refractivity contribution in [2.45, 2.75) is 32.2 Å². The minimum Gasteiger partial charge on any atom is -0.320 e. The molecule has 194 valence electrons. The summed E-state index contributed by atoms with van der Waals surface area (Å²) in [6.45, 7) is 4.54. The topological polar surface area (TPSA) is 58.1 Å². The van der Waals surface area contributed by atoms with Crippen LogP contribution >= 0.6 is 23.2 Å². The number of amides is 1. The second-order valence-corrected chi connectivity index (χ2v) is 10.3. The van der Waals surface area contributed by atoms with Crippen molar-refractivity contribution in [2.24, 2.45) is 0 Å². The van der Waals surface area contributed by atoms with E-state index in [0.717, 1.165) is 54.9 Å². The molecule has 0 bridgehead atoms. The number of nitrogens with zero attached hydrogens (tertiary/aromatic N) is 3. The molecule has 8 heteroatoms. The minimum absolute atomic E-state index is 0.182. The monoisotopic (exact) mass is 548 g/mol. The van der Waals surface area contributed by atoms with Gasteiger partial charge in [-0.3, -0.25) is 9.69 Å². The zero-order chi connectivity index (χ0) is 26.6. The Kier molecular flexibility index (Phi) is 8.03. The number of anilines is 1. The molecule has 4 aromatic rings. The quantitative estimate of drug-likeness (QED) is 0.253. The van der Waals surface area contributed by atoms with Crippen LogP contribution in [0.2, 0.25) is 10.3 Å². The SMILES string of the molecule is Cc1cc(NC(=O)c2ccnc(Cl)c2)c(C2CCN(Cc3ccc(-c4ccc(F)cc4)cc3)CC2)nc1Cl. The molecule has 1 fully saturated rings. The highest BCUT2D eigenvalue weighted by Gasteiger charge is 2.25. The summed E-state index contributed by atoms with van der Waals surface area (Å²) in [5, 5.41) is 3.73. The van der Waals surface area contributed by atoms with Crippen LogP contribution in [0.1, 0.15) is 45.9 Å². The second-order valence-electron chi connectivity index (χ2n) is 9.60. The highest BCUT2D eigenvalue weighted by Crippen LogP contribution is 2.35. The maximum absolute atomic E-state index is 13.2. The van der Waals surface area contributed by atoms with Crippen LogP contribution in [0.3, 0.4) is 0 Å². The lowest BCUT2D eigenvalue weighted by atomic mass is 9.91. The Bertz CT molecular complexity index is 1440. The number of hydrogen-bond donors (Lipinski definition) is 1. The van der Waals surface area contributed by atoms with Gasteiger partial charge in [-0.15, -0.1) is 0 Å². The Balaban J connectivity index is 1.24. The standard InChI is InChI=1S/C30H27Cl2FN4O/c1-19-16-26(35-30(38)24-10-13-34-27(31)17-24)28(36-29(19)32)23-11-14-37(15-12-23)18-20-2-4-21(5-3-20)22-6-8-25(33)9-7-22/h2-10,13,16-17,23H,11-12,14-15,18H2,1H3,(H,35,38).